The molecule has 0 spiro atoms. The minimum Gasteiger partial charge on any atom is -0.508 e. The number of aliphatic hydroxyl groups is 6. The Morgan fingerprint density at radius 1 is 0.938 bits per heavy atom. The van der Waals surface area contributed by atoms with E-state index in [9.17, 15) is 40.5 Å². The maximum absolute atomic E-state index is 12.1. The first kappa shape index (κ1) is 24.5. The fourth-order valence-electron chi connectivity index (χ4n) is 3.17. The molecule has 1 aromatic rings. The maximum atomic E-state index is 12.1. The fourth-order valence-corrected chi connectivity index (χ4v) is 3.17. The van der Waals surface area contributed by atoms with Crippen molar-refractivity contribution in [3.63, 3.8) is 0 Å². The zero-order valence-corrected chi connectivity index (χ0v) is 16.7. The molecule has 0 saturated carbocycles. The number of phenols is 1. The van der Waals surface area contributed by atoms with Gasteiger partial charge in [0.15, 0.2) is 6.29 Å². The van der Waals surface area contributed by atoms with E-state index in [-0.39, 0.29) is 12.4 Å². The highest BCUT2D eigenvalue weighted by Gasteiger charge is 2.46. The van der Waals surface area contributed by atoms with Crippen molar-refractivity contribution in [2.75, 3.05) is 13.2 Å². The summed E-state index contributed by atoms with van der Waals surface area (Å²) in [5, 5.41) is 68.6. The minimum atomic E-state index is -1.75. The van der Waals surface area contributed by atoms with E-state index >= 15 is 0 Å². The molecule has 3 rings (SSSR count). The number of phenolic OH excluding ortho intramolecular Hbond substituents is 1. The third-order valence-electron chi connectivity index (χ3n) is 5.08. The summed E-state index contributed by atoms with van der Waals surface area (Å²) in [6, 6.07) is 5.95. The van der Waals surface area contributed by atoms with Crippen molar-refractivity contribution in [2.45, 2.75) is 55.3 Å². The van der Waals surface area contributed by atoms with Gasteiger partial charge in [-0.25, -0.2) is 4.79 Å². The van der Waals surface area contributed by atoms with Crippen LogP contribution in [-0.2, 0) is 23.7 Å². The molecule has 2 fully saturated rings. The molecule has 0 unspecified atom stereocenters. The van der Waals surface area contributed by atoms with Crippen LogP contribution in [0.15, 0.2) is 30.3 Å². The van der Waals surface area contributed by atoms with Gasteiger partial charge in [0.2, 0.25) is 6.29 Å². The molecule has 2 aliphatic heterocycles. The Balaban J connectivity index is 1.57. The number of carbonyl (C=O) groups is 1. The van der Waals surface area contributed by atoms with Gasteiger partial charge in [-0.15, -0.1) is 0 Å². The van der Waals surface area contributed by atoms with Gasteiger partial charge in [-0.05, 0) is 23.8 Å². The number of aliphatic hydroxyl groups excluding tert-OH is 6. The number of hydrogen-bond acceptors (Lipinski definition) is 12. The van der Waals surface area contributed by atoms with Crippen molar-refractivity contribution in [3.8, 4) is 5.75 Å². The summed E-state index contributed by atoms with van der Waals surface area (Å²) >= 11 is 0. The van der Waals surface area contributed by atoms with Crippen LogP contribution in [0.3, 0.4) is 0 Å². The van der Waals surface area contributed by atoms with E-state index in [1.54, 1.807) is 12.1 Å². The quantitative estimate of drug-likeness (QED) is 0.171. The average molecular weight is 458 g/mol. The second-order valence-corrected chi connectivity index (χ2v) is 7.46. The van der Waals surface area contributed by atoms with Crippen molar-refractivity contribution < 1.29 is 59.5 Å². The van der Waals surface area contributed by atoms with E-state index < -0.39 is 67.9 Å². The normalized spacial score (nSPS) is 38.0. The molecule has 0 bridgehead atoms. The van der Waals surface area contributed by atoms with E-state index in [0.717, 1.165) is 6.08 Å². The van der Waals surface area contributed by atoms with Crippen molar-refractivity contribution in [3.05, 3.63) is 35.9 Å². The summed E-state index contributed by atoms with van der Waals surface area (Å²) in [6.45, 7) is -0.765. The Bertz CT molecular complexity index is 783. The number of carbonyl (C=O) groups excluding carboxylic acids is 1. The predicted molar refractivity (Wildman–Crippen MR) is 104 cm³/mol. The lowest BCUT2D eigenvalue weighted by molar-refractivity contribution is -0.314. The smallest absolute Gasteiger partial charge is 0.333 e. The van der Waals surface area contributed by atoms with Gasteiger partial charge >= 0.3 is 5.97 Å². The van der Waals surface area contributed by atoms with E-state index in [0.29, 0.717) is 5.56 Å². The molecule has 2 aliphatic rings. The summed E-state index contributed by atoms with van der Waals surface area (Å²) in [7, 11) is 0. The number of ether oxygens (including phenoxy) is 4. The zero-order chi connectivity index (χ0) is 23.4. The molecular weight excluding hydrogens is 432 g/mol. The molecule has 0 aromatic heterocycles. The molecule has 9 atom stereocenters. The molecule has 2 saturated heterocycles. The monoisotopic (exact) mass is 458 g/mol. The zero-order valence-electron chi connectivity index (χ0n) is 16.7. The van der Waals surface area contributed by atoms with Crippen LogP contribution in [0.25, 0.3) is 6.08 Å². The average Bonchev–Trinajstić information content (AvgIpc) is 2.77. The van der Waals surface area contributed by atoms with Gasteiger partial charge in [-0.1, -0.05) is 12.1 Å². The van der Waals surface area contributed by atoms with Crippen LogP contribution in [0.1, 0.15) is 5.56 Å². The van der Waals surface area contributed by atoms with Crippen LogP contribution in [0.4, 0.5) is 0 Å². The van der Waals surface area contributed by atoms with Gasteiger partial charge in [0.25, 0.3) is 0 Å². The number of rotatable bonds is 6. The van der Waals surface area contributed by atoms with Crippen LogP contribution in [0.2, 0.25) is 0 Å². The standard InChI is InChI=1S/C20H26O12/c21-10-4-1-9(2-5-10)3-6-13(23)32-20-18(28)16(26)15(25)12(31-20)8-30-19-17(27)14(24)11(22)7-29-19/h1-6,11-12,14-22,24-28H,7-8H2/b6-3+/t11-,12-,14+,15-,16+,17-,18-,19+,20+/m1/s1. The lowest BCUT2D eigenvalue weighted by Crippen LogP contribution is -2.60. The molecule has 7 N–H and O–H groups in total. The van der Waals surface area contributed by atoms with Crippen molar-refractivity contribution in [2.24, 2.45) is 0 Å². The van der Waals surface area contributed by atoms with Crippen LogP contribution in [-0.4, -0.2) is 110 Å². The Hall–Kier alpha value is -2.13. The third kappa shape index (κ3) is 5.81. The number of aromatic hydroxyl groups is 1. The summed E-state index contributed by atoms with van der Waals surface area (Å²) in [5.41, 5.74) is 0.588. The molecule has 0 radical (unpaired) electrons. The Kier molecular flexibility index (Phi) is 8.16. The largest absolute Gasteiger partial charge is 0.508 e. The number of benzene rings is 1. The second-order valence-electron chi connectivity index (χ2n) is 7.46. The molecule has 2 heterocycles. The van der Waals surface area contributed by atoms with Gasteiger partial charge in [0.05, 0.1) is 13.2 Å². The van der Waals surface area contributed by atoms with Crippen LogP contribution >= 0.6 is 0 Å². The first-order valence-corrected chi connectivity index (χ1v) is 9.82. The molecule has 0 amide bonds. The molecule has 32 heavy (non-hydrogen) atoms. The van der Waals surface area contributed by atoms with E-state index in [1.807, 2.05) is 0 Å². The molecule has 1 aromatic carbocycles. The molecular formula is C20H26O12. The molecule has 12 heteroatoms. The Labute approximate surface area is 182 Å². The SMILES string of the molecule is O=C(/C=C/c1ccc(O)cc1)O[C@@H]1O[C@H](CO[C@@H]2OC[C@@H](O)[C@H](O)[C@H]2O)[C@@H](O)[C@H](O)[C@H]1O. The summed E-state index contributed by atoms with van der Waals surface area (Å²) in [6.07, 6.45) is -11.3. The topological polar surface area (TPSA) is 196 Å². The fraction of sp³-hybridized carbons (Fsp3) is 0.550. The van der Waals surface area contributed by atoms with Gasteiger partial charge < -0.3 is 54.7 Å². The Morgan fingerprint density at radius 2 is 1.59 bits per heavy atom. The first-order valence-electron chi connectivity index (χ1n) is 9.82. The van der Waals surface area contributed by atoms with Crippen molar-refractivity contribution >= 4 is 12.0 Å². The lowest BCUT2D eigenvalue weighted by Gasteiger charge is -2.41. The molecule has 178 valence electrons. The highest BCUT2D eigenvalue weighted by Crippen LogP contribution is 2.24. The molecule has 0 aliphatic carbocycles. The summed E-state index contributed by atoms with van der Waals surface area (Å²) in [4.78, 5) is 12.1. The predicted octanol–water partition coefficient (Wildman–Crippen LogP) is -2.79. The number of hydrogen-bond donors (Lipinski definition) is 7. The summed E-state index contributed by atoms with van der Waals surface area (Å²) < 4.78 is 20.7. The van der Waals surface area contributed by atoms with Crippen LogP contribution in [0.5, 0.6) is 5.75 Å². The third-order valence-corrected chi connectivity index (χ3v) is 5.08. The minimum absolute atomic E-state index is 0.0566. The van der Waals surface area contributed by atoms with Crippen molar-refractivity contribution in [1.82, 2.24) is 0 Å². The van der Waals surface area contributed by atoms with Gasteiger partial charge in [-0.2, -0.15) is 0 Å². The van der Waals surface area contributed by atoms with Crippen LogP contribution in [0, 0.1) is 0 Å². The van der Waals surface area contributed by atoms with Gasteiger partial charge in [-0.3, -0.25) is 0 Å². The van der Waals surface area contributed by atoms with Crippen LogP contribution < -0.4 is 0 Å². The number of esters is 1. The molecule has 12 nitrogen and oxygen atoms in total. The maximum Gasteiger partial charge on any atom is 0.333 e. The lowest BCUT2D eigenvalue weighted by atomic mass is 9.99. The van der Waals surface area contributed by atoms with Gasteiger partial charge in [0.1, 0.15) is 48.5 Å². The second kappa shape index (κ2) is 10.7. The van der Waals surface area contributed by atoms with Gasteiger partial charge in [0, 0.05) is 6.08 Å². The summed E-state index contributed by atoms with van der Waals surface area (Å²) in [5.74, 6) is -0.852. The van der Waals surface area contributed by atoms with E-state index in [1.165, 1.54) is 18.2 Å². The van der Waals surface area contributed by atoms with Crippen molar-refractivity contribution in [1.29, 1.82) is 0 Å². The Morgan fingerprint density at radius 3 is 2.28 bits per heavy atom. The van der Waals surface area contributed by atoms with E-state index in [4.69, 9.17) is 18.9 Å². The first-order chi connectivity index (χ1) is 15.2. The highest BCUT2D eigenvalue weighted by atomic mass is 16.7. The highest BCUT2D eigenvalue weighted by molar-refractivity contribution is 5.87. The van der Waals surface area contributed by atoms with E-state index in [2.05, 4.69) is 0 Å².